The predicted octanol–water partition coefficient (Wildman–Crippen LogP) is 4.77. The lowest BCUT2D eigenvalue weighted by Gasteiger charge is -2.17. The van der Waals surface area contributed by atoms with Gasteiger partial charge in [-0.15, -0.1) is 23.1 Å². The molecule has 0 spiro atoms. The van der Waals surface area contributed by atoms with Crippen molar-refractivity contribution < 1.29 is 0 Å². The molecule has 0 bridgehead atoms. The molecule has 27 heavy (non-hydrogen) atoms. The number of benzene rings is 1. The van der Waals surface area contributed by atoms with Crippen LogP contribution in [0.5, 0.6) is 0 Å². The van der Waals surface area contributed by atoms with Crippen molar-refractivity contribution in [2.45, 2.75) is 37.4 Å². The van der Waals surface area contributed by atoms with E-state index in [2.05, 4.69) is 76.9 Å². The number of anilines is 1. The summed E-state index contributed by atoms with van der Waals surface area (Å²) in [4.78, 5) is 8.21. The lowest BCUT2D eigenvalue weighted by Crippen LogP contribution is -2.15. The van der Waals surface area contributed by atoms with Gasteiger partial charge < -0.3 is 10.2 Å². The Morgan fingerprint density at radius 2 is 1.96 bits per heavy atom. The number of H-pyrrole nitrogens is 1. The van der Waals surface area contributed by atoms with Crippen LogP contribution in [0.3, 0.4) is 0 Å². The summed E-state index contributed by atoms with van der Waals surface area (Å²) in [6.45, 7) is 4.39. The van der Waals surface area contributed by atoms with Crippen molar-refractivity contribution in [2.24, 2.45) is 0 Å². The lowest BCUT2D eigenvalue weighted by atomic mass is 10.1. The summed E-state index contributed by atoms with van der Waals surface area (Å²) in [5, 5.41) is 13.2. The largest absolute Gasteiger partial charge is 0.343 e. The fourth-order valence-electron chi connectivity index (χ4n) is 2.62. The van der Waals surface area contributed by atoms with Crippen LogP contribution < -0.4 is 5.32 Å². The first-order valence-electron chi connectivity index (χ1n) is 9.08. The van der Waals surface area contributed by atoms with Crippen molar-refractivity contribution in [3.63, 3.8) is 0 Å². The van der Waals surface area contributed by atoms with Crippen LogP contribution in [-0.4, -0.2) is 39.6 Å². The third kappa shape index (κ3) is 5.82. The van der Waals surface area contributed by atoms with E-state index in [0.29, 0.717) is 6.04 Å². The molecule has 2 atom stereocenters. The van der Waals surface area contributed by atoms with E-state index in [1.54, 1.807) is 0 Å². The number of nitrogens with one attached hydrogen (secondary N) is 2. The van der Waals surface area contributed by atoms with Crippen molar-refractivity contribution in [3.05, 3.63) is 63.6 Å². The van der Waals surface area contributed by atoms with Gasteiger partial charge in [0, 0.05) is 23.1 Å². The van der Waals surface area contributed by atoms with E-state index in [-0.39, 0.29) is 5.37 Å². The summed E-state index contributed by atoms with van der Waals surface area (Å²) >= 11 is 3.71. The highest BCUT2D eigenvalue weighted by Crippen LogP contribution is 2.28. The zero-order valence-electron chi connectivity index (χ0n) is 16.3. The second-order valence-corrected chi connectivity index (χ2v) is 9.13. The van der Waals surface area contributed by atoms with Crippen LogP contribution in [0.25, 0.3) is 0 Å². The summed E-state index contributed by atoms with van der Waals surface area (Å²) in [5.41, 5.74) is 2.59. The van der Waals surface area contributed by atoms with Crippen LogP contribution in [0.15, 0.2) is 41.8 Å². The summed E-state index contributed by atoms with van der Waals surface area (Å²) in [5.74, 6) is 2.52. The van der Waals surface area contributed by atoms with E-state index < -0.39 is 0 Å². The molecular weight excluding hydrogens is 374 g/mol. The highest BCUT2D eigenvalue weighted by Gasteiger charge is 2.12. The summed E-state index contributed by atoms with van der Waals surface area (Å²) in [7, 11) is 4.24. The van der Waals surface area contributed by atoms with Crippen molar-refractivity contribution >= 4 is 29.0 Å². The quantitative estimate of drug-likeness (QED) is 0.506. The topological polar surface area (TPSA) is 56.8 Å². The molecule has 3 aromatic rings. The number of aromatic nitrogens is 3. The zero-order chi connectivity index (χ0) is 19.2. The molecule has 0 fully saturated rings. The molecule has 2 unspecified atom stereocenters. The molecule has 1 aromatic carbocycles. The first-order chi connectivity index (χ1) is 13.0. The Labute approximate surface area is 169 Å². The fraction of sp³-hybridized carbons (Fsp3) is 0.400. The summed E-state index contributed by atoms with van der Waals surface area (Å²) < 4.78 is 0. The highest BCUT2D eigenvalue weighted by atomic mass is 32.2. The van der Waals surface area contributed by atoms with Crippen molar-refractivity contribution in [1.82, 2.24) is 20.1 Å². The van der Waals surface area contributed by atoms with Gasteiger partial charge in [0.1, 0.15) is 0 Å². The van der Waals surface area contributed by atoms with Gasteiger partial charge in [0.05, 0.1) is 5.37 Å². The average molecular weight is 402 g/mol. The molecule has 0 amide bonds. The molecule has 3 rings (SSSR count). The minimum Gasteiger partial charge on any atom is -0.343 e. The Kier molecular flexibility index (Phi) is 6.93. The van der Waals surface area contributed by atoms with Gasteiger partial charge in [-0.2, -0.15) is 10.1 Å². The van der Waals surface area contributed by atoms with E-state index in [4.69, 9.17) is 0 Å². The number of aromatic amines is 1. The molecule has 0 aliphatic heterocycles. The molecule has 0 aliphatic carbocycles. The molecule has 0 aliphatic rings. The number of hydrogen-bond donors (Lipinski definition) is 2. The molecule has 2 heterocycles. The third-order valence-electron chi connectivity index (χ3n) is 4.44. The van der Waals surface area contributed by atoms with E-state index in [1.165, 1.54) is 16.0 Å². The maximum atomic E-state index is 4.55. The van der Waals surface area contributed by atoms with Gasteiger partial charge >= 0.3 is 0 Å². The van der Waals surface area contributed by atoms with Crippen molar-refractivity contribution in [3.8, 4) is 0 Å². The van der Waals surface area contributed by atoms with Crippen LogP contribution >= 0.6 is 23.1 Å². The first kappa shape index (κ1) is 19.9. The van der Waals surface area contributed by atoms with Gasteiger partial charge in [-0.1, -0.05) is 30.3 Å². The van der Waals surface area contributed by atoms with Crippen LogP contribution in [0.2, 0.25) is 0 Å². The Bertz CT molecular complexity index is 828. The number of hydrogen-bond acceptors (Lipinski definition) is 6. The minimum absolute atomic E-state index is 0.247. The maximum absolute atomic E-state index is 4.55. The standard InChI is InChI=1S/C20H27N5S2/c1-14(25(3)4)18-10-17(13-27-18)12-26-15(2)21-20-22-19(23-24-20)11-16-8-6-5-7-9-16/h5-10,13-15H,11-12H2,1-4H3,(H2,21,22,23,24). The fourth-order valence-corrected chi connectivity index (χ4v) is 4.59. The molecule has 0 radical (unpaired) electrons. The van der Waals surface area contributed by atoms with Crippen molar-refractivity contribution in [2.75, 3.05) is 19.4 Å². The average Bonchev–Trinajstić information content (AvgIpc) is 3.30. The number of thiophene rings is 1. The SMILES string of the molecule is CC(Nc1nc(Cc2ccccc2)n[nH]1)SCc1csc(C(C)N(C)C)c1. The van der Waals surface area contributed by atoms with Gasteiger partial charge in [-0.05, 0) is 50.5 Å². The van der Waals surface area contributed by atoms with Gasteiger partial charge in [-0.25, -0.2) is 5.10 Å². The predicted molar refractivity (Wildman–Crippen MR) is 116 cm³/mol. The molecule has 2 aromatic heterocycles. The molecule has 0 saturated carbocycles. The minimum atomic E-state index is 0.247. The molecule has 7 heteroatoms. The monoisotopic (exact) mass is 401 g/mol. The molecule has 0 saturated heterocycles. The van der Waals surface area contributed by atoms with E-state index in [9.17, 15) is 0 Å². The maximum Gasteiger partial charge on any atom is 0.219 e. The Morgan fingerprint density at radius 3 is 2.70 bits per heavy atom. The van der Waals surface area contributed by atoms with Gasteiger partial charge in [0.15, 0.2) is 5.82 Å². The van der Waals surface area contributed by atoms with Crippen LogP contribution in [0, 0.1) is 0 Å². The molecule has 5 nitrogen and oxygen atoms in total. The second kappa shape index (κ2) is 9.39. The van der Waals surface area contributed by atoms with Crippen LogP contribution in [0.4, 0.5) is 5.95 Å². The smallest absolute Gasteiger partial charge is 0.219 e. The first-order valence-corrected chi connectivity index (χ1v) is 11.0. The number of rotatable bonds is 9. The Morgan fingerprint density at radius 1 is 1.19 bits per heavy atom. The molecule has 2 N–H and O–H groups in total. The van der Waals surface area contributed by atoms with E-state index in [1.807, 2.05) is 41.3 Å². The summed E-state index contributed by atoms with van der Waals surface area (Å²) in [6, 6.07) is 13.1. The van der Waals surface area contributed by atoms with Crippen molar-refractivity contribution in [1.29, 1.82) is 0 Å². The Hall–Kier alpha value is -1.83. The third-order valence-corrected chi connectivity index (χ3v) is 6.71. The number of thioether (sulfide) groups is 1. The second-order valence-electron chi connectivity index (χ2n) is 6.86. The van der Waals surface area contributed by atoms with Gasteiger partial charge in [-0.3, -0.25) is 0 Å². The highest BCUT2D eigenvalue weighted by molar-refractivity contribution is 7.99. The Balaban J connectivity index is 1.48. The molecule has 144 valence electrons. The van der Waals surface area contributed by atoms with E-state index >= 15 is 0 Å². The van der Waals surface area contributed by atoms with Crippen LogP contribution in [0.1, 0.15) is 41.7 Å². The number of nitrogens with zero attached hydrogens (tertiary/aromatic N) is 3. The molecular formula is C20H27N5S2. The summed E-state index contributed by atoms with van der Waals surface area (Å²) in [6.07, 6.45) is 0.738. The van der Waals surface area contributed by atoms with E-state index in [0.717, 1.165) is 23.9 Å². The normalized spacial score (nSPS) is 13.7. The zero-order valence-corrected chi connectivity index (χ0v) is 17.9. The van der Waals surface area contributed by atoms with Gasteiger partial charge in [0.2, 0.25) is 5.95 Å². The van der Waals surface area contributed by atoms with Gasteiger partial charge in [0.25, 0.3) is 0 Å². The van der Waals surface area contributed by atoms with Crippen LogP contribution in [-0.2, 0) is 12.2 Å². The lowest BCUT2D eigenvalue weighted by molar-refractivity contribution is 0.325.